The summed E-state index contributed by atoms with van der Waals surface area (Å²) in [5, 5.41) is 9.53. The van der Waals surface area contributed by atoms with Crippen molar-refractivity contribution in [1.29, 1.82) is 0 Å². The second-order valence-corrected chi connectivity index (χ2v) is 6.95. The molecule has 2 heterocycles. The largest absolute Gasteiger partial charge is 0.371 e. The number of hydrogen-bond acceptors (Lipinski definition) is 4. The fraction of sp³-hybridized carbons (Fsp3) is 0.300. The van der Waals surface area contributed by atoms with Gasteiger partial charge in [-0.05, 0) is 17.7 Å². The molecular formula is C20H21ClN4O. The van der Waals surface area contributed by atoms with Crippen molar-refractivity contribution >= 4 is 11.6 Å². The lowest BCUT2D eigenvalue weighted by molar-refractivity contribution is -0.0339. The standard InChI is InChI=1S/C20H21ClN4O/c1-24-19(22-23-20(24)16-5-3-2-4-6-16)14-25-11-12-26-18(13-25)15-7-9-17(21)10-8-15/h2-10,18H,11-14H2,1H3/t18-/m1/s1. The van der Waals surface area contributed by atoms with Crippen LogP contribution in [0.1, 0.15) is 17.5 Å². The second-order valence-electron chi connectivity index (χ2n) is 6.51. The van der Waals surface area contributed by atoms with E-state index in [-0.39, 0.29) is 6.10 Å². The molecule has 1 fully saturated rings. The molecule has 3 aromatic rings. The summed E-state index contributed by atoms with van der Waals surface area (Å²) < 4.78 is 8.02. The smallest absolute Gasteiger partial charge is 0.163 e. The highest BCUT2D eigenvalue weighted by Gasteiger charge is 2.23. The summed E-state index contributed by atoms with van der Waals surface area (Å²) >= 11 is 5.99. The van der Waals surface area contributed by atoms with E-state index in [9.17, 15) is 0 Å². The molecule has 0 aliphatic carbocycles. The molecule has 6 heteroatoms. The number of morpholine rings is 1. The third kappa shape index (κ3) is 3.65. The van der Waals surface area contributed by atoms with Gasteiger partial charge in [-0.15, -0.1) is 10.2 Å². The third-order valence-corrected chi connectivity index (χ3v) is 5.01. The number of halogens is 1. The Hall–Kier alpha value is -2.21. The van der Waals surface area contributed by atoms with E-state index in [0.29, 0.717) is 6.61 Å². The zero-order chi connectivity index (χ0) is 17.9. The van der Waals surface area contributed by atoms with Crippen LogP contribution in [0.4, 0.5) is 0 Å². The van der Waals surface area contributed by atoms with Crippen LogP contribution in [-0.2, 0) is 18.3 Å². The Balaban J connectivity index is 1.47. The Morgan fingerprint density at radius 3 is 2.62 bits per heavy atom. The molecule has 134 valence electrons. The van der Waals surface area contributed by atoms with Crippen molar-refractivity contribution in [3.63, 3.8) is 0 Å². The highest BCUT2D eigenvalue weighted by atomic mass is 35.5. The molecule has 4 rings (SSSR count). The van der Waals surface area contributed by atoms with Gasteiger partial charge in [-0.1, -0.05) is 54.1 Å². The van der Waals surface area contributed by atoms with Crippen molar-refractivity contribution in [2.75, 3.05) is 19.7 Å². The number of ether oxygens (including phenoxy) is 1. The van der Waals surface area contributed by atoms with Crippen LogP contribution in [0.2, 0.25) is 5.02 Å². The molecule has 1 aromatic heterocycles. The first-order chi connectivity index (χ1) is 12.7. The van der Waals surface area contributed by atoms with Gasteiger partial charge in [-0.3, -0.25) is 4.90 Å². The Labute approximate surface area is 158 Å². The van der Waals surface area contributed by atoms with Gasteiger partial charge in [0.2, 0.25) is 0 Å². The fourth-order valence-electron chi connectivity index (χ4n) is 3.26. The maximum Gasteiger partial charge on any atom is 0.163 e. The predicted molar refractivity (Wildman–Crippen MR) is 102 cm³/mol. The molecule has 0 bridgehead atoms. The molecule has 0 spiro atoms. The summed E-state index contributed by atoms with van der Waals surface area (Å²) in [7, 11) is 2.02. The Morgan fingerprint density at radius 1 is 1.08 bits per heavy atom. The highest BCUT2D eigenvalue weighted by molar-refractivity contribution is 6.30. The van der Waals surface area contributed by atoms with Crippen molar-refractivity contribution < 1.29 is 4.74 Å². The monoisotopic (exact) mass is 368 g/mol. The molecule has 0 N–H and O–H groups in total. The zero-order valence-corrected chi connectivity index (χ0v) is 15.4. The summed E-state index contributed by atoms with van der Waals surface area (Å²) in [5.41, 5.74) is 2.23. The topological polar surface area (TPSA) is 43.2 Å². The van der Waals surface area contributed by atoms with Gasteiger partial charge in [-0.25, -0.2) is 0 Å². The lowest BCUT2D eigenvalue weighted by atomic mass is 10.1. The molecule has 26 heavy (non-hydrogen) atoms. The zero-order valence-electron chi connectivity index (χ0n) is 14.7. The minimum absolute atomic E-state index is 0.0582. The Morgan fingerprint density at radius 2 is 1.85 bits per heavy atom. The van der Waals surface area contributed by atoms with Gasteiger partial charge in [-0.2, -0.15) is 0 Å². The molecule has 0 saturated carbocycles. The number of nitrogens with zero attached hydrogens (tertiary/aromatic N) is 4. The molecule has 2 aromatic carbocycles. The van der Waals surface area contributed by atoms with Gasteiger partial charge >= 0.3 is 0 Å². The van der Waals surface area contributed by atoms with Crippen molar-refractivity contribution in [2.45, 2.75) is 12.6 Å². The molecule has 1 aliphatic rings. The second kappa shape index (κ2) is 7.58. The summed E-state index contributed by atoms with van der Waals surface area (Å²) in [6.07, 6.45) is 0.0582. The number of rotatable bonds is 4. The van der Waals surface area contributed by atoms with E-state index >= 15 is 0 Å². The first-order valence-electron chi connectivity index (χ1n) is 8.74. The summed E-state index contributed by atoms with van der Waals surface area (Å²) in [4.78, 5) is 2.36. The van der Waals surface area contributed by atoms with Crippen LogP contribution in [0, 0.1) is 0 Å². The molecular weight excluding hydrogens is 348 g/mol. The lowest BCUT2D eigenvalue weighted by Crippen LogP contribution is -2.38. The fourth-order valence-corrected chi connectivity index (χ4v) is 3.39. The normalized spacial score (nSPS) is 18.2. The first-order valence-corrected chi connectivity index (χ1v) is 9.11. The minimum Gasteiger partial charge on any atom is -0.371 e. The van der Waals surface area contributed by atoms with Gasteiger partial charge in [0.1, 0.15) is 5.82 Å². The van der Waals surface area contributed by atoms with Crippen LogP contribution in [0.25, 0.3) is 11.4 Å². The van der Waals surface area contributed by atoms with Crippen LogP contribution in [0.3, 0.4) is 0 Å². The maximum absolute atomic E-state index is 5.99. The van der Waals surface area contributed by atoms with Gasteiger partial charge < -0.3 is 9.30 Å². The van der Waals surface area contributed by atoms with Crippen molar-refractivity contribution in [3.05, 3.63) is 71.0 Å². The van der Waals surface area contributed by atoms with Crippen LogP contribution in [0.15, 0.2) is 54.6 Å². The number of hydrogen-bond donors (Lipinski definition) is 0. The first kappa shape index (κ1) is 17.2. The third-order valence-electron chi connectivity index (χ3n) is 4.75. The Bertz CT molecular complexity index is 863. The van der Waals surface area contributed by atoms with E-state index in [1.807, 2.05) is 49.5 Å². The molecule has 5 nitrogen and oxygen atoms in total. The minimum atomic E-state index is 0.0582. The average Bonchev–Trinajstić information content (AvgIpc) is 3.04. The average molecular weight is 369 g/mol. The highest BCUT2D eigenvalue weighted by Crippen LogP contribution is 2.25. The van der Waals surface area contributed by atoms with E-state index in [1.54, 1.807) is 0 Å². The molecule has 1 aliphatic heterocycles. The van der Waals surface area contributed by atoms with Crippen LogP contribution >= 0.6 is 11.6 Å². The molecule has 0 radical (unpaired) electrons. The molecule has 1 atom stereocenters. The van der Waals surface area contributed by atoms with Crippen molar-refractivity contribution in [1.82, 2.24) is 19.7 Å². The van der Waals surface area contributed by atoms with E-state index in [4.69, 9.17) is 16.3 Å². The molecule has 0 unspecified atom stereocenters. The van der Waals surface area contributed by atoms with Crippen molar-refractivity contribution in [3.8, 4) is 11.4 Å². The van der Waals surface area contributed by atoms with Crippen LogP contribution in [-0.4, -0.2) is 39.4 Å². The van der Waals surface area contributed by atoms with E-state index in [0.717, 1.165) is 47.4 Å². The van der Waals surface area contributed by atoms with Gasteiger partial charge in [0.05, 0.1) is 19.3 Å². The van der Waals surface area contributed by atoms with Crippen molar-refractivity contribution in [2.24, 2.45) is 7.05 Å². The number of aromatic nitrogens is 3. The van der Waals surface area contributed by atoms with Crippen LogP contribution < -0.4 is 0 Å². The van der Waals surface area contributed by atoms with Gasteiger partial charge in [0.25, 0.3) is 0 Å². The lowest BCUT2D eigenvalue weighted by Gasteiger charge is -2.32. The van der Waals surface area contributed by atoms with Crippen LogP contribution in [0.5, 0.6) is 0 Å². The molecule has 1 saturated heterocycles. The van der Waals surface area contributed by atoms with E-state index in [1.165, 1.54) is 0 Å². The van der Waals surface area contributed by atoms with Gasteiger partial charge in [0.15, 0.2) is 5.82 Å². The van der Waals surface area contributed by atoms with Gasteiger partial charge in [0, 0.05) is 30.7 Å². The molecule has 0 amide bonds. The SMILES string of the molecule is Cn1c(CN2CCO[C@@H](c3ccc(Cl)cc3)C2)nnc1-c1ccccc1. The van der Waals surface area contributed by atoms with E-state index in [2.05, 4.69) is 31.8 Å². The predicted octanol–water partition coefficient (Wildman–Crippen LogP) is 3.71. The summed E-state index contributed by atoms with van der Waals surface area (Å²) in [6, 6.07) is 18.0. The maximum atomic E-state index is 5.99. The quantitative estimate of drug-likeness (QED) is 0.704. The van der Waals surface area contributed by atoms with E-state index < -0.39 is 0 Å². The summed E-state index contributed by atoms with van der Waals surface area (Å²) in [6.45, 7) is 3.17. The Kier molecular flexibility index (Phi) is 5.02. The number of benzene rings is 2. The summed E-state index contributed by atoms with van der Waals surface area (Å²) in [5.74, 6) is 1.85.